The Labute approximate surface area is 154 Å². The van der Waals surface area contributed by atoms with Gasteiger partial charge in [0.15, 0.2) is 0 Å². The van der Waals surface area contributed by atoms with Gasteiger partial charge in [0.2, 0.25) is 5.91 Å². The first-order chi connectivity index (χ1) is 12.2. The molecule has 3 nitrogen and oxygen atoms in total. The van der Waals surface area contributed by atoms with Crippen molar-refractivity contribution < 1.29 is 4.79 Å². The molecule has 0 bridgehead atoms. The summed E-state index contributed by atoms with van der Waals surface area (Å²) in [6.45, 7) is 5.00. The molecule has 1 saturated heterocycles. The van der Waals surface area contributed by atoms with Crippen LogP contribution in [0.4, 0.5) is 0 Å². The molecular weight excluding hydrogens is 308 g/mol. The second-order valence-electron chi connectivity index (χ2n) is 7.54. The number of nitrogens with zero attached hydrogens (tertiary/aromatic N) is 2. The van der Waals surface area contributed by atoms with Crippen molar-refractivity contribution in [1.82, 2.24) is 9.80 Å². The minimum atomic E-state index is 0.361. The molecule has 140 valence electrons. The minimum absolute atomic E-state index is 0.361. The molecule has 1 aliphatic heterocycles. The molecule has 1 amide bonds. The van der Waals surface area contributed by atoms with Crippen LogP contribution >= 0.6 is 0 Å². The van der Waals surface area contributed by atoms with Gasteiger partial charge in [-0.3, -0.25) is 9.69 Å². The Kier molecular flexibility index (Phi) is 9.03. The Bertz CT molecular complexity index is 488. The lowest BCUT2D eigenvalue weighted by Crippen LogP contribution is -2.54. The van der Waals surface area contributed by atoms with Gasteiger partial charge in [-0.15, -0.1) is 0 Å². The van der Waals surface area contributed by atoms with Crippen molar-refractivity contribution in [1.29, 1.82) is 0 Å². The maximum absolute atomic E-state index is 12.5. The Morgan fingerprint density at radius 1 is 1.00 bits per heavy atom. The smallest absolute Gasteiger partial charge is 0.222 e. The van der Waals surface area contributed by atoms with Gasteiger partial charge in [-0.05, 0) is 25.5 Å². The summed E-state index contributed by atoms with van der Waals surface area (Å²) in [4.78, 5) is 17.1. The molecule has 1 aromatic carbocycles. The van der Waals surface area contributed by atoms with Crippen molar-refractivity contribution in [3.8, 4) is 0 Å². The second-order valence-corrected chi connectivity index (χ2v) is 7.54. The van der Waals surface area contributed by atoms with E-state index in [0.29, 0.717) is 11.9 Å². The van der Waals surface area contributed by atoms with Crippen LogP contribution in [-0.4, -0.2) is 48.4 Å². The summed E-state index contributed by atoms with van der Waals surface area (Å²) in [7, 11) is 2.19. The number of carbonyl (C=O) groups is 1. The van der Waals surface area contributed by atoms with Crippen LogP contribution in [0.5, 0.6) is 0 Å². The average Bonchev–Trinajstić information content (AvgIpc) is 2.63. The van der Waals surface area contributed by atoms with Crippen LogP contribution in [0.3, 0.4) is 0 Å². The van der Waals surface area contributed by atoms with E-state index in [2.05, 4.69) is 54.1 Å². The zero-order valence-electron chi connectivity index (χ0n) is 16.3. The van der Waals surface area contributed by atoms with Crippen molar-refractivity contribution >= 4 is 5.91 Å². The fourth-order valence-corrected chi connectivity index (χ4v) is 3.67. The summed E-state index contributed by atoms with van der Waals surface area (Å²) >= 11 is 0. The van der Waals surface area contributed by atoms with Gasteiger partial charge in [0.05, 0.1) is 0 Å². The van der Waals surface area contributed by atoms with Crippen molar-refractivity contribution in [3.63, 3.8) is 0 Å². The monoisotopic (exact) mass is 344 g/mol. The maximum Gasteiger partial charge on any atom is 0.222 e. The third-order valence-corrected chi connectivity index (χ3v) is 5.44. The van der Waals surface area contributed by atoms with Crippen molar-refractivity contribution in [3.05, 3.63) is 35.9 Å². The Morgan fingerprint density at radius 3 is 2.40 bits per heavy atom. The first-order valence-electron chi connectivity index (χ1n) is 10.2. The van der Waals surface area contributed by atoms with E-state index in [1.807, 2.05) is 0 Å². The molecule has 0 N–H and O–H groups in total. The molecule has 3 heteroatoms. The summed E-state index contributed by atoms with van der Waals surface area (Å²) in [5.74, 6) is 0.361. The molecule has 1 aromatic rings. The highest BCUT2D eigenvalue weighted by Gasteiger charge is 2.26. The largest absolute Gasteiger partial charge is 0.340 e. The van der Waals surface area contributed by atoms with Crippen molar-refractivity contribution in [2.45, 2.75) is 70.8 Å². The van der Waals surface area contributed by atoms with Gasteiger partial charge in [-0.25, -0.2) is 0 Å². The molecule has 2 rings (SSSR count). The van der Waals surface area contributed by atoms with Crippen LogP contribution in [0, 0.1) is 0 Å². The average molecular weight is 345 g/mol. The third kappa shape index (κ3) is 7.19. The molecule has 1 heterocycles. The van der Waals surface area contributed by atoms with Crippen LogP contribution in [0.15, 0.2) is 30.3 Å². The molecule has 1 unspecified atom stereocenters. The minimum Gasteiger partial charge on any atom is -0.340 e. The molecule has 1 atom stereocenters. The molecule has 25 heavy (non-hydrogen) atoms. The highest BCUT2D eigenvalue weighted by atomic mass is 16.2. The number of likely N-dealkylation sites (N-methyl/N-ethyl adjacent to an activating group) is 1. The number of hydrogen-bond acceptors (Lipinski definition) is 2. The third-order valence-electron chi connectivity index (χ3n) is 5.44. The van der Waals surface area contributed by atoms with E-state index >= 15 is 0 Å². The summed E-state index contributed by atoms with van der Waals surface area (Å²) < 4.78 is 0. The summed E-state index contributed by atoms with van der Waals surface area (Å²) in [6, 6.07) is 11.1. The SMILES string of the molecule is CCCCCCCCCC(=O)N1CCN(C)C(Cc2ccccc2)C1. The topological polar surface area (TPSA) is 23.6 Å². The molecule has 0 saturated carbocycles. The van der Waals surface area contributed by atoms with E-state index in [-0.39, 0.29) is 0 Å². The van der Waals surface area contributed by atoms with Gasteiger partial charge in [0.1, 0.15) is 0 Å². The lowest BCUT2D eigenvalue weighted by atomic mass is 10.0. The zero-order chi connectivity index (χ0) is 17.9. The maximum atomic E-state index is 12.5. The highest BCUT2D eigenvalue weighted by Crippen LogP contribution is 2.16. The molecule has 0 aliphatic carbocycles. The van der Waals surface area contributed by atoms with Gasteiger partial charge in [0.25, 0.3) is 0 Å². The predicted molar refractivity (Wildman–Crippen MR) is 106 cm³/mol. The van der Waals surface area contributed by atoms with Gasteiger partial charge < -0.3 is 4.90 Å². The first kappa shape index (κ1) is 20.0. The van der Waals surface area contributed by atoms with Crippen LogP contribution < -0.4 is 0 Å². The molecule has 0 radical (unpaired) electrons. The van der Waals surface area contributed by atoms with Crippen LogP contribution in [0.25, 0.3) is 0 Å². The lowest BCUT2D eigenvalue weighted by Gasteiger charge is -2.39. The van der Waals surface area contributed by atoms with Gasteiger partial charge in [0, 0.05) is 32.1 Å². The van der Waals surface area contributed by atoms with E-state index in [4.69, 9.17) is 0 Å². The Balaban J connectivity index is 1.69. The Morgan fingerprint density at radius 2 is 1.68 bits per heavy atom. The lowest BCUT2D eigenvalue weighted by molar-refractivity contribution is -0.134. The number of amides is 1. The number of rotatable bonds is 10. The molecule has 0 aromatic heterocycles. The van der Waals surface area contributed by atoms with Crippen LogP contribution in [-0.2, 0) is 11.2 Å². The normalized spacial score (nSPS) is 18.5. The second kappa shape index (κ2) is 11.3. The van der Waals surface area contributed by atoms with E-state index in [9.17, 15) is 4.79 Å². The van der Waals surface area contributed by atoms with E-state index in [0.717, 1.165) is 38.9 Å². The first-order valence-corrected chi connectivity index (χ1v) is 10.2. The Hall–Kier alpha value is -1.35. The molecule has 1 aliphatic rings. The number of unbranched alkanes of at least 4 members (excludes halogenated alkanes) is 6. The van der Waals surface area contributed by atoms with E-state index in [1.54, 1.807) is 0 Å². The van der Waals surface area contributed by atoms with Crippen LogP contribution in [0.2, 0.25) is 0 Å². The number of hydrogen-bond donors (Lipinski definition) is 0. The number of benzene rings is 1. The summed E-state index contributed by atoms with van der Waals surface area (Å²) in [6.07, 6.45) is 10.6. The fourth-order valence-electron chi connectivity index (χ4n) is 3.67. The summed E-state index contributed by atoms with van der Waals surface area (Å²) in [5.41, 5.74) is 1.36. The van der Waals surface area contributed by atoms with Gasteiger partial charge in [-0.2, -0.15) is 0 Å². The van der Waals surface area contributed by atoms with Crippen LogP contribution in [0.1, 0.15) is 63.9 Å². The molecular formula is C22H36N2O. The molecule has 1 fully saturated rings. The molecule has 0 spiro atoms. The zero-order valence-corrected chi connectivity index (χ0v) is 16.3. The van der Waals surface area contributed by atoms with Gasteiger partial charge >= 0.3 is 0 Å². The van der Waals surface area contributed by atoms with E-state index < -0.39 is 0 Å². The number of piperazine rings is 1. The van der Waals surface area contributed by atoms with Crippen molar-refractivity contribution in [2.24, 2.45) is 0 Å². The number of carbonyl (C=O) groups excluding carboxylic acids is 1. The fraction of sp³-hybridized carbons (Fsp3) is 0.682. The highest BCUT2D eigenvalue weighted by molar-refractivity contribution is 5.76. The predicted octanol–water partition coefficient (Wildman–Crippen LogP) is 4.51. The summed E-state index contributed by atoms with van der Waals surface area (Å²) in [5, 5.41) is 0. The van der Waals surface area contributed by atoms with E-state index in [1.165, 1.54) is 44.1 Å². The standard InChI is InChI=1S/C22H36N2O/c1-3-4-5-6-7-8-12-15-22(25)24-17-16-23(2)21(19-24)18-20-13-10-9-11-14-20/h9-11,13-14,21H,3-8,12,15-19H2,1-2H3. The van der Waals surface area contributed by atoms with Gasteiger partial charge in [-0.1, -0.05) is 75.8 Å². The van der Waals surface area contributed by atoms with Crippen molar-refractivity contribution in [2.75, 3.05) is 26.7 Å². The quantitative estimate of drug-likeness (QED) is 0.583.